The number of likely N-dealkylation sites (tertiary alicyclic amines) is 1. The van der Waals surface area contributed by atoms with Gasteiger partial charge in [-0.2, -0.15) is 0 Å². The van der Waals surface area contributed by atoms with E-state index in [1.807, 2.05) is 12.1 Å². The van der Waals surface area contributed by atoms with Gasteiger partial charge in [0.05, 0.1) is 18.7 Å². The minimum Gasteiger partial charge on any atom is -0.489 e. The number of carbonyl (C=O) groups excluding carboxylic acids is 3. The number of ether oxygens (including phenoxy) is 2. The third-order valence-corrected chi connectivity index (χ3v) is 8.26. The molecule has 9 heteroatoms. The maximum absolute atomic E-state index is 12.9. The van der Waals surface area contributed by atoms with Crippen LogP contribution in [0.25, 0.3) is 10.9 Å². The zero-order valence-corrected chi connectivity index (χ0v) is 21.6. The van der Waals surface area contributed by atoms with Crippen LogP contribution < -0.4 is 10.1 Å². The molecule has 0 radical (unpaired) electrons. The van der Waals surface area contributed by atoms with Gasteiger partial charge in [0.2, 0.25) is 11.8 Å². The van der Waals surface area contributed by atoms with Crippen molar-refractivity contribution in [3.63, 3.8) is 0 Å². The van der Waals surface area contributed by atoms with Crippen molar-refractivity contribution in [2.45, 2.75) is 50.4 Å². The molecular formula is C30H30N4O5. The Bertz CT molecular complexity index is 1490. The molecule has 4 aliphatic rings. The Morgan fingerprint density at radius 1 is 1.03 bits per heavy atom. The molecule has 39 heavy (non-hydrogen) atoms. The lowest BCUT2D eigenvalue weighted by atomic mass is 10.0. The molecule has 3 aromatic rings. The van der Waals surface area contributed by atoms with Crippen molar-refractivity contribution in [2.75, 3.05) is 26.3 Å². The van der Waals surface area contributed by atoms with E-state index >= 15 is 0 Å². The van der Waals surface area contributed by atoms with Crippen LogP contribution in [0.3, 0.4) is 0 Å². The lowest BCUT2D eigenvalue weighted by Gasteiger charge is -2.29. The first-order valence-electron chi connectivity index (χ1n) is 13.6. The third kappa shape index (κ3) is 4.66. The Morgan fingerprint density at radius 2 is 1.92 bits per heavy atom. The molecule has 2 aromatic carbocycles. The molecular weight excluding hydrogens is 496 g/mol. The van der Waals surface area contributed by atoms with Gasteiger partial charge in [-0.1, -0.05) is 12.1 Å². The van der Waals surface area contributed by atoms with E-state index < -0.39 is 11.9 Å². The summed E-state index contributed by atoms with van der Waals surface area (Å²) >= 11 is 0. The van der Waals surface area contributed by atoms with E-state index in [-0.39, 0.29) is 24.3 Å². The molecule has 3 fully saturated rings. The van der Waals surface area contributed by atoms with Gasteiger partial charge in [0, 0.05) is 55.2 Å². The molecule has 3 amide bonds. The average molecular weight is 527 g/mol. The molecule has 1 N–H and O–H groups in total. The molecule has 0 saturated carbocycles. The average Bonchev–Trinajstić information content (AvgIpc) is 3.46. The zero-order chi connectivity index (χ0) is 26.5. The van der Waals surface area contributed by atoms with E-state index in [4.69, 9.17) is 14.5 Å². The standard InChI is InChI=1S/C30H30N4O5/c35-28-8-7-27(29(36)32-28)34-14-20-12-22(3-4-24(20)30(34)37)39-23-9-10-33(15-23)13-18-1-5-25-19(11-18)2-6-26(31-25)21-16-38-17-21/h1-6,11-12,21,23,27H,7-10,13-17H2,(H,32,35,36)/t23-,27?/m0/s1. The van der Waals surface area contributed by atoms with Crippen molar-refractivity contribution in [1.29, 1.82) is 0 Å². The smallest absolute Gasteiger partial charge is 0.255 e. The number of amides is 3. The topological polar surface area (TPSA) is 101 Å². The number of hydrogen-bond donors (Lipinski definition) is 1. The first kappa shape index (κ1) is 24.2. The number of aromatic nitrogens is 1. The van der Waals surface area contributed by atoms with Crippen molar-refractivity contribution in [3.05, 3.63) is 70.9 Å². The number of hydrogen-bond acceptors (Lipinski definition) is 7. The number of pyridine rings is 1. The van der Waals surface area contributed by atoms with Gasteiger partial charge < -0.3 is 14.4 Å². The Hall–Kier alpha value is -3.82. The minimum absolute atomic E-state index is 0.0702. The van der Waals surface area contributed by atoms with Crippen LogP contribution in [0.4, 0.5) is 0 Å². The van der Waals surface area contributed by atoms with Crippen LogP contribution in [0.2, 0.25) is 0 Å². The second kappa shape index (κ2) is 9.73. The monoisotopic (exact) mass is 526 g/mol. The molecule has 4 aliphatic heterocycles. The van der Waals surface area contributed by atoms with E-state index in [0.29, 0.717) is 24.4 Å². The maximum atomic E-state index is 12.9. The van der Waals surface area contributed by atoms with Gasteiger partial charge in [-0.3, -0.25) is 29.6 Å². The summed E-state index contributed by atoms with van der Waals surface area (Å²) in [6.07, 6.45) is 1.60. The predicted molar refractivity (Wildman–Crippen MR) is 142 cm³/mol. The molecule has 5 heterocycles. The highest BCUT2D eigenvalue weighted by atomic mass is 16.5. The fraction of sp³-hybridized carbons (Fsp3) is 0.400. The summed E-state index contributed by atoms with van der Waals surface area (Å²) in [5.74, 6) is 0.310. The summed E-state index contributed by atoms with van der Waals surface area (Å²) in [6, 6.07) is 15.7. The normalized spacial score (nSPS) is 23.7. The van der Waals surface area contributed by atoms with Gasteiger partial charge >= 0.3 is 0 Å². The fourth-order valence-electron chi connectivity index (χ4n) is 6.03. The molecule has 200 valence electrons. The van der Waals surface area contributed by atoms with E-state index in [1.54, 1.807) is 11.0 Å². The molecule has 3 saturated heterocycles. The number of fused-ring (bicyclic) bond motifs is 2. The number of benzene rings is 2. The second-order valence-electron chi connectivity index (χ2n) is 11.0. The SMILES string of the molecule is O=C1CCC(N2Cc3cc(O[C@H]4CCN(Cc5ccc6nc(C7COC7)ccc6c5)C4)ccc3C2=O)C(=O)N1. The lowest BCUT2D eigenvalue weighted by molar-refractivity contribution is -0.136. The first-order valence-corrected chi connectivity index (χ1v) is 13.6. The van der Waals surface area contributed by atoms with Crippen LogP contribution in [-0.2, 0) is 27.4 Å². The Morgan fingerprint density at radius 3 is 2.74 bits per heavy atom. The summed E-state index contributed by atoms with van der Waals surface area (Å²) in [5.41, 5.74) is 4.85. The molecule has 7 rings (SSSR count). The lowest BCUT2D eigenvalue weighted by Crippen LogP contribution is -2.52. The molecule has 1 aromatic heterocycles. The molecule has 2 atom stereocenters. The quantitative estimate of drug-likeness (QED) is 0.493. The molecule has 1 unspecified atom stereocenters. The number of piperidine rings is 1. The van der Waals surface area contributed by atoms with Crippen molar-refractivity contribution < 1.29 is 23.9 Å². The highest BCUT2D eigenvalue weighted by Gasteiger charge is 2.39. The molecule has 0 bridgehead atoms. The Labute approximate surface area is 226 Å². The van der Waals surface area contributed by atoms with Gasteiger partial charge in [0.1, 0.15) is 17.9 Å². The van der Waals surface area contributed by atoms with E-state index in [2.05, 4.69) is 40.5 Å². The van der Waals surface area contributed by atoms with Crippen LogP contribution in [-0.4, -0.2) is 71.0 Å². The summed E-state index contributed by atoms with van der Waals surface area (Å²) in [6.45, 7) is 4.51. The van der Waals surface area contributed by atoms with E-state index in [9.17, 15) is 14.4 Å². The van der Waals surface area contributed by atoms with Gasteiger partial charge in [-0.05, 0) is 60.4 Å². The number of nitrogens with zero attached hydrogens (tertiary/aromatic N) is 3. The summed E-state index contributed by atoms with van der Waals surface area (Å²) in [7, 11) is 0. The fourth-order valence-corrected chi connectivity index (χ4v) is 6.03. The van der Waals surface area contributed by atoms with Crippen LogP contribution >= 0.6 is 0 Å². The highest BCUT2D eigenvalue weighted by Crippen LogP contribution is 2.31. The molecule has 0 spiro atoms. The largest absolute Gasteiger partial charge is 0.489 e. The van der Waals surface area contributed by atoms with Crippen LogP contribution in [0.5, 0.6) is 5.75 Å². The minimum atomic E-state index is -0.611. The van der Waals surface area contributed by atoms with E-state index in [1.165, 1.54) is 5.56 Å². The highest BCUT2D eigenvalue weighted by molar-refractivity contribution is 6.05. The predicted octanol–water partition coefficient (Wildman–Crippen LogP) is 2.76. The van der Waals surface area contributed by atoms with Gasteiger partial charge in [-0.15, -0.1) is 0 Å². The zero-order valence-electron chi connectivity index (χ0n) is 21.6. The van der Waals surface area contributed by atoms with Gasteiger partial charge in [0.15, 0.2) is 0 Å². The van der Waals surface area contributed by atoms with Gasteiger partial charge in [0.25, 0.3) is 5.91 Å². The summed E-state index contributed by atoms with van der Waals surface area (Å²) in [4.78, 5) is 45.5. The summed E-state index contributed by atoms with van der Waals surface area (Å²) in [5, 5.41) is 3.50. The Kier molecular flexibility index (Phi) is 6.05. The molecule has 9 nitrogen and oxygen atoms in total. The van der Waals surface area contributed by atoms with Crippen molar-refractivity contribution in [2.24, 2.45) is 0 Å². The molecule has 0 aliphatic carbocycles. The van der Waals surface area contributed by atoms with Crippen LogP contribution in [0.15, 0.2) is 48.5 Å². The first-order chi connectivity index (χ1) is 19.0. The second-order valence-corrected chi connectivity index (χ2v) is 11.0. The number of rotatable bonds is 6. The summed E-state index contributed by atoms with van der Waals surface area (Å²) < 4.78 is 11.6. The number of carbonyl (C=O) groups is 3. The van der Waals surface area contributed by atoms with Crippen molar-refractivity contribution >= 4 is 28.6 Å². The number of nitrogens with one attached hydrogen (secondary N) is 1. The number of imide groups is 1. The third-order valence-electron chi connectivity index (χ3n) is 8.26. The van der Waals surface area contributed by atoms with Crippen LogP contribution in [0.1, 0.15) is 52.4 Å². The van der Waals surface area contributed by atoms with E-state index in [0.717, 1.165) is 67.2 Å². The van der Waals surface area contributed by atoms with Crippen LogP contribution in [0, 0.1) is 0 Å². The van der Waals surface area contributed by atoms with Crippen molar-refractivity contribution in [3.8, 4) is 5.75 Å². The van der Waals surface area contributed by atoms with Gasteiger partial charge in [-0.25, -0.2) is 0 Å². The van der Waals surface area contributed by atoms with Crippen molar-refractivity contribution in [1.82, 2.24) is 20.1 Å². The Balaban J connectivity index is 0.968. The maximum Gasteiger partial charge on any atom is 0.255 e.